The summed E-state index contributed by atoms with van der Waals surface area (Å²) in [5.74, 6) is 3.12. The Labute approximate surface area is 119 Å². The maximum absolute atomic E-state index is 6.16. The van der Waals surface area contributed by atoms with E-state index in [1.165, 1.54) is 36.9 Å². The number of aromatic nitrogens is 3. The van der Waals surface area contributed by atoms with Crippen molar-refractivity contribution in [3.8, 4) is 0 Å². The molecular formula is C16H22N4. The maximum atomic E-state index is 6.16. The molecule has 2 fully saturated rings. The SMILES string of the molecule is Cc1nc(N)c2c(C)c(C)n(C(C3CC3)C3CC3)c2n1. The van der Waals surface area contributed by atoms with E-state index in [9.17, 15) is 0 Å². The second-order valence-corrected chi connectivity index (χ2v) is 6.60. The van der Waals surface area contributed by atoms with E-state index in [0.717, 1.165) is 28.7 Å². The second kappa shape index (κ2) is 3.96. The van der Waals surface area contributed by atoms with Gasteiger partial charge in [-0.2, -0.15) is 0 Å². The van der Waals surface area contributed by atoms with Gasteiger partial charge in [0.1, 0.15) is 17.3 Å². The standard InChI is InChI=1S/C16H22N4/c1-8-9(2)20(14(11-4-5-11)12-6-7-12)16-13(8)15(17)18-10(3)19-16/h11-12,14H,4-7H2,1-3H3,(H2,17,18,19). The van der Waals surface area contributed by atoms with Gasteiger partial charge < -0.3 is 10.3 Å². The fraction of sp³-hybridized carbons (Fsp3) is 0.625. The number of hydrogen-bond acceptors (Lipinski definition) is 3. The Morgan fingerprint density at radius 2 is 1.65 bits per heavy atom. The van der Waals surface area contributed by atoms with Crippen LogP contribution < -0.4 is 5.73 Å². The monoisotopic (exact) mass is 270 g/mol. The Bertz CT molecular complexity index is 680. The lowest BCUT2D eigenvalue weighted by Gasteiger charge is -2.21. The summed E-state index contributed by atoms with van der Waals surface area (Å²) in [4.78, 5) is 9.08. The van der Waals surface area contributed by atoms with Gasteiger partial charge in [-0.25, -0.2) is 9.97 Å². The van der Waals surface area contributed by atoms with Crippen molar-refractivity contribution in [1.29, 1.82) is 0 Å². The summed E-state index contributed by atoms with van der Waals surface area (Å²) < 4.78 is 2.49. The Morgan fingerprint density at radius 1 is 1.05 bits per heavy atom. The van der Waals surface area contributed by atoms with Crippen molar-refractivity contribution in [1.82, 2.24) is 14.5 Å². The summed E-state index contributed by atoms with van der Waals surface area (Å²) in [6.45, 7) is 6.30. The van der Waals surface area contributed by atoms with Crippen LogP contribution in [0.5, 0.6) is 0 Å². The summed E-state index contributed by atoms with van der Waals surface area (Å²) >= 11 is 0. The molecule has 0 radical (unpaired) electrons. The highest BCUT2D eigenvalue weighted by molar-refractivity contribution is 5.91. The van der Waals surface area contributed by atoms with Crippen LogP contribution >= 0.6 is 0 Å². The molecule has 2 N–H and O–H groups in total. The molecule has 4 nitrogen and oxygen atoms in total. The van der Waals surface area contributed by atoms with Crippen LogP contribution in [0.25, 0.3) is 11.0 Å². The molecule has 0 aliphatic heterocycles. The van der Waals surface area contributed by atoms with Crippen molar-refractivity contribution >= 4 is 16.9 Å². The molecular weight excluding hydrogens is 248 g/mol. The quantitative estimate of drug-likeness (QED) is 0.931. The van der Waals surface area contributed by atoms with Crippen molar-refractivity contribution in [3.63, 3.8) is 0 Å². The number of rotatable bonds is 3. The number of aryl methyl sites for hydroxylation is 2. The molecule has 2 aliphatic rings. The normalized spacial score (nSPS) is 19.2. The zero-order valence-electron chi connectivity index (χ0n) is 12.5. The zero-order valence-corrected chi connectivity index (χ0v) is 12.5. The highest BCUT2D eigenvalue weighted by Gasteiger charge is 2.44. The lowest BCUT2D eigenvalue weighted by Crippen LogP contribution is -2.16. The molecule has 0 saturated heterocycles. The third-order valence-electron chi connectivity index (χ3n) is 5.05. The molecule has 4 heteroatoms. The Kier molecular flexibility index (Phi) is 2.41. The lowest BCUT2D eigenvalue weighted by atomic mass is 10.1. The predicted molar refractivity (Wildman–Crippen MR) is 80.6 cm³/mol. The van der Waals surface area contributed by atoms with Gasteiger partial charge in [0, 0.05) is 11.7 Å². The van der Waals surface area contributed by atoms with Crippen LogP contribution in [-0.2, 0) is 0 Å². The first-order chi connectivity index (χ1) is 9.58. The maximum Gasteiger partial charge on any atom is 0.146 e. The predicted octanol–water partition coefficient (Wildman–Crippen LogP) is 3.30. The lowest BCUT2D eigenvalue weighted by molar-refractivity contribution is 0.397. The minimum Gasteiger partial charge on any atom is -0.383 e. The number of hydrogen-bond donors (Lipinski definition) is 1. The van der Waals surface area contributed by atoms with E-state index in [4.69, 9.17) is 10.7 Å². The van der Waals surface area contributed by atoms with E-state index in [1.807, 2.05) is 6.92 Å². The summed E-state index contributed by atoms with van der Waals surface area (Å²) in [5, 5.41) is 1.07. The minimum atomic E-state index is 0.636. The molecule has 2 aromatic rings. The first-order valence-corrected chi connectivity index (χ1v) is 7.69. The molecule has 0 atom stereocenters. The van der Waals surface area contributed by atoms with Crippen LogP contribution in [0.3, 0.4) is 0 Å². The average Bonchev–Trinajstić information content (AvgIpc) is 3.25. The van der Waals surface area contributed by atoms with Gasteiger partial charge in [-0.1, -0.05) is 0 Å². The Balaban J connectivity index is 2.00. The highest BCUT2D eigenvalue weighted by Crippen LogP contribution is 2.53. The highest BCUT2D eigenvalue weighted by atomic mass is 15.1. The average molecular weight is 270 g/mol. The van der Waals surface area contributed by atoms with Crippen molar-refractivity contribution in [2.45, 2.75) is 52.5 Å². The van der Waals surface area contributed by atoms with E-state index >= 15 is 0 Å². The summed E-state index contributed by atoms with van der Waals surface area (Å²) in [6, 6.07) is 0.639. The molecule has 20 heavy (non-hydrogen) atoms. The van der Waals surface area contributed by atoms with E-state index < -0.39 is 0 Å². The van der Waals surface area contributed by atoms with Crippen LogP contribution in [0.1, 0.15) is 48.8 Å². The molecule has 0 bridgehead atoms. The summed E-state index contributed by atoms with van der Waals surface area (Å²) in [7, 11) is 0. The molecule has 0 amide bonds. The van der Waals surface area contributed by atoms with Crippen molar-refractivity contribution < 1.29 is 0 Å². The smallest absolute Gasteiger partial charge is 0.146 e. The fourth-order valence-corrected chi connectivity index (χ4v) is 3.68. The molecule has 0 spiro atoms. The summed E-state index contributed by atoms with van der Waals surface area (Å²) in [6.07, 6.45) is 5.50. The Hall–Kier alpha value is -1.58. The molecule has 0 aromatic carbocycles. The van der Waals surface area contributed by atoms with Gasteiger partial charge >= 0.3 is 0 Å². The number of nitrogens with zero attached hydrogens (tertiary/aromatic N) is 3. The van der Waals surface area contributed by atoms with Crippen molar-refractivity contribution in [2.75, 3.05) is 5.73 Å². The number of nitrogen functional groups attached to an aromatic ring is 1. The van der Waals surface area contributed by atoms with Gasteiger partial charge in [0.15, 0.2) is 0 Å². The van der Waals surface area contributed by atoms with E-state index in [2.05, 4.69) is 23.4 Å². The molecule has 0 unspecified atom stereocenters. The van der Waals surface area contributed by atoms with Crippen LogP contribution in [0.4, 0.5) is 5.82 Å². The largest absolute Gasteiger partial charge is 0.383 e. The number of anilines is 1. The van der Waals surface area contributed by atoms with Crippen LogP contribution in [0.2, 0.25) is 0 Å². The van der Waals surface area contributed by atoms with E-state index in [-0.39, 0.29) is 0 Å². The molecule has 2 aliphatic carbocycles. The molecule has 2 aromatic heterocycles. The van der Waals surface area contributed by atoms with E-state index in [1.54, 1.807) is 0 Å². The first kappa shape index (κ1) is 12.2. The van der Waals surface area contributed by atoms with Gasteiger partial charge in [0.25, 0.3) is 0 Å². The third-order valence-corrected chi connectivity index (χ3v) is 5.05. The van der Waals surface area contributed by atoms with Crippen LogP contribution in [0, 0.1) is 32.6 Å². The molecule has 2 heterocycles. The zero-order chi connectivity index (χ0) is 14.0. The van der Waals surface area contributed by atoms with Crippen LogP contribution in [0.15, 0.2) is 0 Å². The summed E-state index contributed by atoms with van der Waals surface area (Å²) in [5.41, 5.74) is 9.81. The van der Waals surface area contributed by atoms with Gasteiger partial charge in [-0.15, -0.1) is 0 Å². The van der Waals surface area contributed by atoms with Crippen molar-refractivity contribution in [3.05, 3.63) is 17.1 Å². The van der Waals surface area contributed by atoms with Gasteiger partial charge in [0.2, 0.25) is 0 Å². The number of nitrogens with two attached hydrogens (primary N) is 1. The molecule has 2 saturated carbocycles. The van der Waals surface area contributed by atoms with E-state index in [0.29, 0.717) is 11.9 Å². The number of fused-ring (bicyclic) bond motifs is 1. The van der Waals surface area contributed by atoms with Crippen molar-refractivity contribution in [2.24, 2.45) is 11.8 Å². The minimum absolute atomic E-state index is 0.636. The van der Waals surface area contributed by atoms with Gasteiger partial charge in [-0.05, 0) is 63.9 Å². The topological polar surface area (TPSA) is 56.7 Å². The first-order valence-electron chi connectivity index (χ1n) is 7.69. The molecule has 106 valence electrons. The van der Waals surface area contributed by atoms with Gasteiger partial charge in [0.05, 0.1) is 5.39 Å². The third kappa shape index (κ3) is 1.67. The van der Waals surface area contributed by atoms with Gasteiger partial charge in [-0.3, -0.25) is 0 Å². The second-order valence-electron chi connectivity index (χ2n) is 6.60. The molecule has 4 rings (SSSR count). The van der Waals surface area contributed by atoms with Crippen LogP contribution in [-0.4, -0.2) is 14.5 Å². The Morgan fingerprint density at radius 3 is 2.20 bits per heavy atom. The fourth-order valence-electron chi connectivity index (χ4n) is 3.68.